The number of phosphoric acid groups is 3. The number of nitrogens with two attached hydrogens (primary N) is 1. The molecular formula is C15H19ClFN4O14P3. The normalized spacial score (nSPS) is 27.9. The smallest absolute Gasteiger partial charge is 0.396 e. The van der Waals surface area contributed by atoms with Gasteiger partial charge in [-0.2, -0.15) is 13.6 Å². The highest BCUT2D eigenvalue weighted by molar-refractivity contribution is 7.66. The molecule has 0 radical (unpaired) electrons. The highest BCUT2D eigenvalue weighted by atomic mass is 35.5. The molecule has 1 fully saturated rings. The van der Waals surface area contributed by atoms with Crippen LogP contribution in [0.25, 0.3) is 11.0 Å². The van der Waals surface area contributed by atoms with Gasteiger partial charge < -0.3 is 40.3 Å². The summed E-state index contributed by atoms with van der Waals surface area (Å²) in [6, 6.07) is 0. The van der Waals surface area contributed by atoms with Crippen molar-refractivity contribution < 1.29 is 65.8 Å². The predicted molar refractivity (Wildman–Crippen MR) is 122 cm³/mol. The number of hydrogen-bond donors (Lipinski definition) is 8. The maximum Gasteiger partial charge on any atom is 0.490 e. The summed E-state index contributed by atoms with van der Waals surface area (Å²) in [5.74, 6) is -0.944. The Morgan fingerprint density at radius 2 is 1.95 bits per heavy atom. The van der Waals surface area contributed by atoms with Gasteiger partial charge in [-0.1, -0.05) is 0 Å². The standard InChI is InChI=1S/C15H19ClFN4O14P3/c1-6(33-37(28,29)35-38(30,31)34-36(25,26)27)10-7(5-22)15(24,2-3-16)13(32-10)21-4-8(17)9-11(21)19-14(18)20-12(9)23/h4,6-7,10,13,22,24H,5H2,1H3,(H,28,29)(H,30,31)(H2,25,26,27)(H3,18,19,20,23)/t6-,7?,10-,13-,15?/m1/s1. The van der Waals surface area contributed by atoms with Crippen LogP contribution < -0.4 is 11.3 Å². The Labute approximate surface area is 215 Å². The number of nitrogen functional groups attached to an aromatic ring is 1. The van der Waals surface area contributed by atoms with Gasteiger partial charge in [0.15, 0.2) is 23.3 Å². The third-order valence-electron chi connectivity index (χ3n) is 5.15. The number of halogens is 2. The molecule has 3 heterocycles. The number of nitrogens with one attached hydrogen (secondary N) is 1. The molecule has 1 aliphatic heterocycles. The van der Waals surface area contributed by atoms with Crippen LogP contribution in [0.3, 0.4) is 0 Å². The number of aromatic nitrogens is 3. The SMILES string of the molecule is C[C@@H](OP(=O)(O)OP(=O)(O)OP(=O)(O)O)[C@H]1O[C@@H](n2cc(F)c3c(=O)[nH]c(N)nc32)C(O)(C#CCl)C1CO. The summed E-state index contributed by atoms with van der Waals surface area (Å²) in [4.78, 5) is 54.5. The van der Waals surface area contributed by atoms with E-state index in [9.17, 15) is 42.9 Å². The maximum atomic E-state index is 14.6. The molecule has 1 aliphatic rings. The Morgan fingerprint density at radius 1 is 1.32 bits per heavy atom. The largest absolute Gasteiger partial charge is 0.490 e. The number of anilines is 1. The number of fused-ring (bicyclic) bond motifs is 1. The van der Waals surface area contributed by atoms with Gasteiger partial charge in [-0.25, -0.2) is 18.1 Å². The molecule has 212 valence electrons. The van der Waals surface area contributed by atoms with Crippen molar-refractivity contribution >= 4 is 52.1 Å². The average molecular weight is 627 g/mol. The van der Waals surface area contributed by atoms with E-state index in [2.05, 4.69) is 24.5 Å². The fraction of sp³-hybridized carbons (Fsp3) is 0.467. The zero-order valence-electron chi connectivity index (χ0n) is 18.6. The Morgan fingerprint density at radius 3 is 2.50 bits per heavy atom. The molecule has 2 aromatic rings. The molecule has 0 aromatic carbocycles. The fourth-order valence-corrected chi connectivity index (χ4v) is 7.20. The van der Waals surface area contributed by atoms with Crippen LogP contribution in [0, 0.1) is 23.0 Å². The van der Waals surface area contributed by atoms with Crippen molar-refractivity contribution in [1.29, 1.82) is 0 Å². The van der Waals surface area contributed by atoms with E-state index >= 15 is 0 Å². The number of phosphoric ester groups is 1. The van der Waals surface area contributed by atoms with E-state index in [-0.39, 0.29) is 0 Å². The van der Waals surface area contributed by atoms with Crippen molar-refractivity contribution in [2.75, 3.05) is 12.3 Å². The number of aliphatic hydroxyl groups excluding tert-OH is 1. The predicted octanol–water partition coefficient (Wildman–Crippen LogP) is -0.386. The lowest BCUT2D eigenvalue weighted by Gasteiger charge is -2.29. The van der Waals surface area contributed by atoms with Gasteiger partial charge in [0, 0.05) is 11.6 Å². The van der Waals surface area contributed by atoms with E-state index in [1.165, 1.54) is 0 Å². The van der Waals surface area contributed by atoms with E-state index < -0.39 is 88.4 Å². The van der Waals surface area contributed by atoms with Gasteiger partial charge in [-0.3, -0.25) is 18.9 Å². The molecule has 7 atom stereocenters. The molecular weight excluding hydrogens is 608 g/mol. The van der Waals surface area contributed by atoms with Crippen LogP contribution in [0.2, 0.25) is 0 Å². The van der Waals surface area contributed by atoms with Crippen molar-refractivity contribution in [1.82, 2.24) is 14.5 Å². The summed E-state index contributed by atoms with van der Waals surface area (Å²) < 4.78 is 67.8. The fourth-order valence-electron chi connectivity index (χ4n) is 3.85. The Balaban J connectivity index is 2.01. The lowest BCUT2D eigenvalue weighted by atomic mass is 9.84. The second kappa shape index (κ2) is 10.7. The van der Waals surface area contributed by atoms with Crippen LogP contribution >= 0.6 is 35.1 Å². The van der Waals surface area contributed by atoms with Gasteiger partial charge in [0.2, 0.25) is 5.95 Å². The first-order valence-electron chi connectivity index (χ1n) is 9.83. The summed E-state index contributed by atoms with van der Waals surface area (Å²) in [6.45, 7) is 0.0447. The zero-order chi connectivity index (χ0) is 28.8. The lowest BCUT2D eigenvalue weighted by Crippen LogP contribution is -2.45. The van der Waals surface area contributed by atoms with Gasteiger partial charge in [0.25, 0.3) is 5.56 Å². The van der Waals surface area contributed by atoms with Crippen LogP contribution in [0.1, 0.15) is 13.2 Å². The van der Waals surface area contributed by atoms with Crippen molar-refractivity contribution in [3.05, 3.63) is 22.4 Å². The molecule has 0 bridgehead atoms. The van der Waals surface area contributed by atoms with Crippen LogP contribution in [-0.2, 0) is 31.6 Å². The molecule has 23 heteroatoms. The van der Waals surface area contributed by atoms with Crippen LogP contribution in [0.5, 0.6) is 0 Å². The minimum absolute atomic E-state index is 0.429. The summed E-state index contributed by atoms with van der Waals surface area (Å²) in [5, 5.41) is 22.7. The van der Waals surface area contributed by atoms with Gasteiger partial charge in [-0.15, -0.1) is 0 Å². The Bertz CT molecular complexity index is 1500. The number of H-pyrrole nitrogens is 1. The van der Waals surface area contributed by atoms with Gasteiger partial charge in [0.1, 0.15) is 5.39 Å². The van der Waals surface area contributed by atoms with Gasteiger partial charge >= 0.3 is 23.5 Å². The third-order valence-corrected chi connectivity index (χ3v) is 9.17. The zero-order valence-corrected chi connectivity index (χ0v) is 22.1. The molecule has 18 nitrogen and oxygen atoms in total. The number of aliphatic hydroxyl groups is 2. The van der Waals surface area contributed by atoms with Gasteiger partial charge in [-0.05, 0) is 24.4 Å². The van der Waals surface area contributed by atoms with Crippen LogP contribution in [-0.4, -0.2) is 68.7 Å². The van der Waals surface area contributed by atoms with Crippen molar-refractivity contribution in [2.45, 2.75) is 31.0 Å². The summed E-state index contributed by atoms with van der Waals surface area (Å²) >= 11 is 5.47. The van der Waals surface area contributed by atoms with Crippen LogP contribution in [0.15, 0.2) is 11.0 Å². The van der Waals surface area contributed by atoms with Crippen molar-refractivity contribution in [3.63, 3.8) is 0 Å². The lowest BCUT2D eigenvalue weighted by molar-refractivity contribution is -0.0830. The highest BCUT2D eigenvalue weighted by Crippen LogP contribution is 2.67. The summed E-state index contributed by atoms with van der Waals surface area (Å²) in [6.07, 6.45) is -4.50. The molecule has 0 aliphatic carbocycles. The Kier molecular flexibility index (Phi) is 8.68. The molecule has 2 aromatic heterocycles. The van der Waals surface area contributed by atoms with E-state index in [1.807, 2.05) is 5.38 Å². The number of ether oxygens (including phenoxy) is 1. The quantitative estimate of drug-likeness (QED) is 0.130. The number of hydrogen-bond acceptors (Lipinski definition) is 12. The Hall–Kier alpha value is -1.71. The molecule has 9 N–H and O–H groups in total. The molecule has 0 saturated carbocycles. The summed E-state index contributed by atoms with van der Waals surface area (Å²) in [5.41, 5.74) is 1.61. The van der Waals surface area contributed by atoms with Crippen molar-refractivity contribution in [2.24, 2.45) is 5.92 Å². The molecule has 3 rings (SSSR count). The van der Waals surface area contributed by atoms with Gasteiger partial charge in [0.05, 0.1) is 24.7 Å². The number of nitrogens with zero attached hydrogens (tertiary/aromatic N) is 2. The highest BCUT2D eigenvalue weighted by Gasteiger charge is 2.59. The van der Waals surface area contributed by atoms with Crippen molar-refractivity contribution in [3.8, 4) is 11.3 Å². The second-order valence-corrected chi connectivity index (χ2v) is 12.3. The van der Waals surface area contributed by atoms with E-state index in [4.69, 9.17) is 36.4 Å². The first kappa shape index (κ1) is 30.8. The number of aromatic amines is 1. The first-order chi connectivity index (χ1) is 17.3. The van der Waals surface area contributed by atoms with E-state index in [0.717, 1.165) is 11.5 Å². The summed E-state index contributed by atoms with van der Waals surface area (Å²) in [7, 11) is -17.2. The number of rotatable bonds is 9. The molecule has 0 amide bonds. The van der Waals surface area contributed by atoms with E-state index in [1.54, 1.807) is 0 Å². The monoisotopic (exact) mass is 626 g/mol. The van der Waals surface area contributed by atoms with Crippen LogP contribution in [0.4, 0.5) is 10.3 Å². The minimum atomic E-state index is -5.85. The second-order valence-electron chi connectivity index (χ2n) is 7.72. The average Bonchev–Trinajstić information content (AvgIpc) is 3.18. The minimum Gasteiger partial charge on any atom is -0.396 e. The molecule has 4 unspecified atom stereocenters. The third kappa shape index (κ3) is 6.36. The molecule has 1 saturated heterocycles. The topological polar surface area (TPSA) is 286 Å². The maximum absolute atomic E-state index is 14.6. The molecule has 0 spiro atoms. The first-order valence-corrected chi connectivity index (χ1v) is 14.7. The van der Waals surface area contributed by atoms with E-state index in [0.29, 0.717) is 6.20 Å². The molecule has 38 heavy (non-hydrogen) atoms.